The first-order valence-corrected chi connectivity index (χ1v) is 2.99. The Bertz CT molecular complexity index is 53.9. The summed E-state index contributed by atoms with van der Waals surface area (Å²) in [6.45, 7) is 0. The molecule has 0 aromatic rings. The van der Waals surface area contributed by atoms with Gasteiger partial charge in [-0.2, -0.15) is 0 Å². The van der Waals surface area contributed by atoms with Crippen LogP contribution in [-0.2, 0) is 20.8 Å². The van der Waals surface area contributed by atoms with Crippen LogP contribution in [0.4, 0.5) is 0 Å². The van der Waals surface area contributed by atoms with Crippen LogP contribution >= 0.6 is 0 Å². The largest absolute Gasteiger partial charge is 0.308 e. The standard InChI is InChI=1S/H2O2S2.H2O2/c1-4(2)3;1-2/h4H,(H,1,2,3);1-2H. The average molecular weight is 132 g/mol. The second kappa shape index (κ2) is 8.98. The van der Waals surface area contributed by atoms with Crippen LogP contribution in [0.15, 0.2) is 0 Å². The molecule has 0 rings (SSSR count). The van der Waals surface area contributed by atoms with Crippen LogP contribution in [0.5, 0.6) is 0 Å². The van der Waals surface area contributed by atoms with Crippen LogP contribution in [0.2, 0.25) is 0 Å². The van der Waals surface area contributed by atoms with E-state index >= 15 is 0 Å². The third-order valence-corrected chi connectivity index (χ3v) is 0. The van der Waals surface area contributed by atoms with Crippen LogP contribution < -0.4 is 0 Å². The van der Waals surface area contributed by atoms with Crippen LogP contribution in [-0.4, -0.2) is 19.3 Å². The monoisotopic (exact) mass is 132 g/mol. The van der Waals surface area contributed by atoms with E-state index in [0.717, 1.165) is 0 Å². The molecule has 1 atom stereocenters. The maximum atomic E-state index is 8.96. The molecule has 0 aromatic carbocycles. The molecule has 0 aliphatic heterocycles. The van der Waals surface area contributed by atoms with Crippen molar-refractivity contribution < 1.29 is 19.3 Å². The van der Waals surface area contributed by atoms with Crippen molar-refractivity contribution in [3.63, 3.8) is 0 Å². The normalized spacial score (nSPS) is 11.2. The van der Waals surface area contributed by atoms with Crippen molar-refractivity contribution in [2.45, 2.75) is 0 Å². The third-order valence-electron chi connectivity index (χ3n) is 0. The fraction of sp³-hybridized carbons (Fsp3) is 0. The van der Waals surface area contributed by atoms with E-state index in [-0.39, 0.29) is 0 Å². The molecule has 0 amide bonds. The summed E-state index contributed by atoms with van der Waals surface area (Å²) in [4.78, 5) is 0. The summed E-state index contributed by atoms with van der Waals surface area (Å²) < 4.78 is 16.3. The van der Waals surface area contributed by atoms with Crippen molar-refractivity contribution in [1.29, 1.82) is 0 Å². The first-order valence-electron chi connectivity index (χ1n) is 0.765. The van der Waals surface area contributed by atoms with Gasteiger partial charge in [-0.15, -0.1) is 0 Å². The smallest absolute Gasteiger partial charge is 0.130 e. The zero-order valence-corrected chi connectivity index (χ0v) is 4.32. The van der Waals surface area contributed by atoms with Gasteiger partial charge in [-0.1, -0.05) is 0 Å². The Hall–Kier alpha value is 0.250. The van der Waals surface area contributed by atoms with E-state index in [0.29, 0.717) is 0 Å². The van der Waals surface area contributed by atoms with Gasteiger partial charge in [0.2, 0.25) is 0 Å². The average Bonchev–Trinajstić information content (AvgIpc) is 1.41. The predicted molar refractivity (Wildman–Crippen MR) is 24.8 cm³/mol. The molecule has 0 aliphatic rings. The summed E-state index contributed by atoms with van der Waals surface area (Å²) in [5.74, 6) is 0. The van der Waals surface area contributed by atoms with Crippen LogP contribution in [0.1, 0.15) is 0 Å². The van der Waals surface area contributed by atoms with Crippen LogP contribution in [0, 0.1) is 0 Å². The molecule has 0 spiro atoms. The Morgan fingerprint density at radius 1 is 1.50 bits per heavy atom. The zero-order chi connectivity index (χ0) is 5.58. The van der Waals surface area contributed by atoms with Gasteiger partial charge < -0.3 is 4.55 Å². The van der Waals surface area contributed by atoms with Crippen LogP contribution in [0.3, 0.4) is 0 Å². The molecule has 40 valence electrons. The summed E-state index contributed by atoms with van der Waals surface area (Å²) in [6.07, 6.45) is 0. The minimum absolute atomic E-state index is 2.29. The van der Waals surface area contributed by atoms with E-state index in [1.54, 1.807) is 0 Å². The molecule has 0 saturated heterocycles. The van der Waals surface area contributed by atoms with Crippen molar-refractivity contribution in [3.8, 4) is 0 Å². The highest BCUT2D eigenvalue weighted by Crippen LogP contribution is 1.31. The van der Waals surface area contributed by atoms with E-state index in [2.05, 4.69) is 11.2 Å². The Labute approximate surface area is 40.9 Å². The van der Waals surface area contributed by atoms with Gasteiger partial charge in [0.15, 0.2) is 0 Å². The summed E-state index contributed by atoms with van der Waals surface area (Å²) in [5, 5.41) is 12.0. The molecule has 6 heteroatoms. The Morgan fingerprint density at radius 3 is 1.50 bits per heavy atom. The molecule has 4 nitrogen and oxygen atoms in total. The summed E-state index contributed by atoms with van der Waals surface area (Å²) in [7, 11) is -2.29. The van der Waals surface area contributed by atoms with Gasteiger partial charge in [-0.3, -0.25) is 10.5 Å². The van der Waals surface area contributed by atoms with Crippen molar-refractivity contribution in [3.05, 3.63) is 0 Å². The fourth-order valence-corrected chi connectivity index (χ4v) is 0. The number of thiol groups is 1. The first-order chi connectivity index (χ1) is 2.73. The third kappa shape index (κ3) is 718. The SMILES string of the molecule is O=[SH](O)=S.OO. The van der Waals surface area contributed by atoms with Crippen LogP contribution in [0.25, 0.3) is 0 Å². The minimum atomic E-state index is -2.29. The summed E-state index contributed by atoms with van der Waals surface area (Å²) in [6, 6.07) is 0. The van der Waals surface area contributed by atoms with Gasteiger partial charge in [0.05, 0.1) is 0 Å². The van der Waals surface area contributed by atoms with E-state index in [1.165, 1.54) is 0 Å². The van der Waals surface area contributed by atoms with Crippen molar-refractivity contribution in [1.82, 2.24) is 0 Å². The van der Waals surface area contributed by atoms with E-state index in [1.807, 2.05) is 0 Å². The lowest BCUT2D eigenvalue weighted by atomic mass is 15.0. The molecular formula is H4O4S2. The highest BCUT2D eigenvalue weighted by Gasteiger charge is 1.39. The molecular weight excluding hydrogens is 128 g/mol. The highest BCUT2D eigenvalue weighted by molar-refractivity contribution is 8.18. The first kappa shape index (κ1) is 9.54. The molecule has 1 unspecified atom stereocenters. The molecule has 0 aromatic heterocycles. The van der Waals surface area contributed by atoms with E-state index in [9.17, 15) is 0 Å². The molecule has 6 heavy (non-hydrogen) atoms. The molecule has 0 aliphatic carbocycles. The summed E-state index contributed by atoms with van der Waals surface area (Å²) >= 11 is 3.69. The lowest BCUT2D eigenvalue weighted by Crippen LogP contribution is -1.54. The van der Waals surface area contributed by atoms with Crippen molar-refractivity contribution in [2.75, 3.05) is 0 Å². The van der Waals surface area contributed by atoms with Crippen molar-refractivity contribution in [2.24, 2.45) is 0 Å². The number of hydrogen-bond donors (Lipinski definition) is 4. The van der Waals surface area contributed by atoms with E-state index in [4.69, 9.17) is 19.3 Å². The molecule has 0 radical (unpaired) electrons. The lowest BCUT2D eigenvalue weighted by molar-refractivity contribution is -0.176. The molecule has 0 bridgehead atoms. The summed E-state index contributed by atoms with van der Waals surface area (Å²) in [5.41, 5.74) is 0. The van der Waals surface area contributed by atoms with Gasteiger partial charge in [0.1, 0.15) is 9.64 Å². The number of hydrogen-bond acceptors (Lipinski definition) is 4. The second-order valence-corrected chi connectivity index (χ2v) is 1.65. The molecule has 3 N–H and O–H groups in total. The highest BCUT2D eigenvalue weighted by atomic mass is 32.8. The topological polar surface area (TPSA) is 77.8 Å². The molecule has 0 fully saturated rings. The minimum Gasteiger partial charge on any atom is -0.308 e. The van der Waals surface area contributed by atoms with Crippen molar-refractivity contribution >= 4 is 20.8 Å². The Balaban J connectivity index is 0. The number of rotatable bonds is 0. The van der Waals surface area contributed by atoms with Gasteiger partial charge in [0.25, 0.3) is 0 Å². The zero-order valence-electron chi connectivity index (χ0n) is 2.61. The van der Waals surface area contributed by atoms with Gasteiger partial charge in [-0.05, 0) is 0 Å². The molecule has 0 heterocycles. The quantitative estimate of drug-likeness (QED) is 0.201. The fourth-order valence-electron chi connectivity index (χ4n) is 0. The Morgan fingerprint density at radius 2 is 1.50 bits per heavy atom. The van der Waals surface area contributed by atoms with Gasteiger partial charge >= 0.3 is 0 Å². The van der Waals surface area contributed by atoms with E-state index < -0.39 is 9.64 Å². The lowest BCUT2D eigenvalue weighted by Gasteiger charge is -1.47. The molecule has 0 saturated carbocycles. The van der Waals surface area contributed by atoms with Gasteiger partial charge in [0, 0.05) is 11.2 Å². The van der Waals surface area contributed by atoms with Gasteiger partial charge in [-0.25, -0.2) is 4.21 Å². The maximum Gasteiger partial charge on any atom is 0.130 e. The predicted octanol–water partition coefficient (Wildman–Crippen LogP) is -0.580. The Kier molecular flexibility index (Phi) is 14.3. The maximum absolute atomic E-state index is 8.96. The second-order valence-electron chi connectivity index (χ2n) is 0.238.